The molecule has 0 saturated heterocycles. The van der Waals surface area contributed by atoms with Gasteiger partial charge in [0.2, 0.25) is 5.91 Å². The minimum absolute atomic E-state index is 0.00658. The molecule has 2 N–H and O–H groups in total. The molecule has 0 fully saturated rings. The number of nitrogens with one attached hydrogen (secondary N) is 1. The maximum absolute atomic E-state index is 13.0. The van der Waals surface area contributed by atoms with Crippen LogP contribution in [0.4, 0.5) is 0 Å². The Balaban J connectivity index is 4.25. The number of phosphoric acid groups is 1. The van der Waals surface area contributed by atoms with E-state index in [1.165, 1.54) is 225 Å². The van der Waals surface area contributed by atoms with Gasteiger partial charge < -0.3 is 28.8 Å². The van der Waals surface area contributed by atoms with Gasteiger partial charge in [0.15, 0.2) is 0 Å². The minimum Gasteiger partial charge on any atom is -0.756 e. The Bertz CT molecular complexity index is 1200. The molecule has 402 valence electrons. The van der Waals surface area contributed by atoms with Gasteiger partial charge in [-0.1, -0.05) is 256 Å². The van der Waals surface area contributed by atoms with E-state index < -0.39 is 26.6 Å². The fourth-order valence-electron chi connectivity index (χ4n) is 8.70. The molecule has 0 saturated carbocycles. The van der Waals surface area contributed by atoms with Crippen LogP contribution in [0.5, 0.6) is 0 Å². The van der Waals surface area contributed by atoms with Crippen LogP contribution in [0.1, 0.15) is 284 Å². The Morgan fingerprint density at radius 1 is 0.500 bits per heavy atom. The second kappa shape index (κ2) is 50.7. The summed E-state index contributed by atoms with van der Waals surface area (Å²) >= 11 is 0. The van der Waals surface area contributed by atoms with Gasteiger partial charge in [-0.05, 0) is 57.8 Å². The molecule has 1 amide bonds. The van der Waals surface area contributed by atoms with Crippen LogP contribution in [-0.2, 0) is 18.4 Å². The number of amides is 1. The summed E-state index contributed by atoms with van der Waals surface area (Å²) in [6, 6.07) is -0.906. The first-order valence-corrected chi connectivity index (χ1v) is 30.8. The molecule has 0 heterocycles. The predicted octanol–water partition coefficient (Wildman–Crippen LogP) is 17.1. The van der Waals surface area contributed by atoms with Crippen LogP contribution < -0.4 is 10.2 Å². The Morgan fingerprint density at radius 2 is 0.824 bits per heavy atom. The van der Waals surface area contributed by atoms with Crippen LogP contribution in [0, 0.1) is 0 Å². The molecule has 0 aliphatic carbocycles. The molecule has 0 bridgehead atoms. The molecule has 3 unspecified atom stereocenters. The zero-order chi connectivity index (χ0) is 49.9. The summed E-state index contributed by atoms with van der Waals surface area (Å²) < 4.78 is 23.3. The van der Waals surface area contributed by atoms with Crippen molar-refractivity contribution in [2.75, 3.05) is 40.9 Å². The summed E-state index contributed by atoms with van der Waals surface area (Å²) in [6.45, 7) is 4.66. The summed E-state index contributed by atoms with van der Waals surface area (Å²) in [5.74, 6) is -0.208. The van der Waals surface area contributed by atoms with Gasteiger partial charge in [0.1, 0.15) is 13.2 Å². The number of likely N-dealkylation sites (N-methyl/N-ethyl adjacent to an activating group) is 1. The van der Waals surface area contributed by atoms with Crippen molar-refractivity contribution in [2.45, 2.75) is 296 Å². The first-order valence-electron chi connectivity index (χ1n) is 29.4. The van der Waals surface area contributed by atoms with E-state index in [1.807, 2.05) is 27.2 Å². The lowest BCUT2D eigenvalue weighted by Gasteiger charge is -2.29. The quantitative estimate of drug-likeness (QED) is 0.0272. The molecule has 8 nitrogen and oxygen atoms in total. The van der Waals surface area contributed by atoms with Crippen molar-refractivity contribution in [3.63, 3.8) is 0 Å². The van der Waals surface area contributed by atoms with Crippen molar-refractivity contribution in [2.24, 2.45) is 0 Å². The third kappa shape index (κ3) is 52.5. The predicted molar refractivity (Wildman–Crippen MR) is 293 cm³/mol. The number of allylic oxidation sites excluding steroid dienone is 5. The van der Waals surface area contributed by atoms with Crippen LogP contribution in [0.15, 0.2) is 36.5 Å². The van der Waals surface area contributed by atoms with Gasteiger partial charge in [0, 0.05) is 6.42 Å². The number of phosphoric ester groups is 1. The highest BCUT2D eigenvalue weighted by molar-refractivity contribution is 7.45. The fraction of sp³-hybridized carbons (Fsp3) is 0.881. The van der Waals surface area contributed by atoms with E-state index >= 15 is 0 Å². The van der Waals surface area contributed by atoms with Crippen LogP contribution in [-0.4, -0.2) is 68.5 Å². The maximum Gasteiger partial charge on any atom is 0.268 e. The summed E-state index contributed by atoms with van der Waals surface area (Å²) in [5, 5.41) is 13.9. The molecule has 0 aromatic rings. The SMILES string of the molecule is CCCCCCCCCCCCC/C=C\CCCCCCCCCC(=O)NC(COP(=O)([O-])OCC[N+](C)(C)C)C(O)/C=C/CC/C=C/CCCCCCCCCCCCCCCCCCCC. The number of carbonyl (C=O) groups is 1. The smallest absolute Gasteiger partial charge is 0.268 e. The second-order valence-electron chi connectivity index (χ2n) is 21.3. The number of quaternary nitrogens is 1. The Morgan fingerprint density at radius 3 is 1.19 bits per heavy atom. The number of aliphatic hydroxyl groups is 1. The third-order valence-corrected chi connectivity index (χ3v) is 14.3. The van der Waals surface area contributed by atoms with E-state index in [-0.39, 0.29) is 12.5 Å². The summed E-state index contributed by atoms with van der Waals surface area (Å²) in [4.78, 5) is 25.5. The topological polar surface area (TPSA) is 108 Å². The van der Waals surface area contributed by atoms with Crippen molar-refractivity contribution in [3.8, 4) is 0 Å². The van der Waals surface area contributed by atoms with Crippen molar-refractivity contribution in [3.05, 3.63) is 36.5 Å². The first-order chi connectivity index (χ1) is 33.0. The molecule has 9 heteroatoms. The van der Waals surface area contributed by atoms with E-state index in [1.54, 1.807) is 6.08 Å². The van der Waals surface area contributed by atoms with Crippen LogP contribution >= 0.6 is 7.82 Å². The van der Waals surface area contributed by atoms with Crippen molar-refractivity contribution in [1.29, 1.82) is 0 Å². The summed E-state index contributed by atoms with van der Waals surface area (Å²) in [6.07, 6.45) is 65.1. The van der Waals surface area contributed by atoms with Gasteiger partial charge in [-0.3, -0.25) is 9.36 Å². The van der Waals surface area contributed by atoms with Crippen LogP contribution in [0.25, 0.3) is 0 Å². The minimum atomic E-state index is -4.61. The highest BCUT2D eigenvalue weighted by atomic mass is 31.2. The normalized spacial score (nSPS) is 14.2. The molecular weight excluding hydrogens is 864 g/mol. The lowest BCUT2D eigenvalue weighted by Crippen LogP contribution is -2.45. The summed E-state index contributed by atoms with van der Waals surface area (Å²) in [5.41, 5.74) is 0. The second-order valence-corrected chi connectivity index (χ2v) is 22.8. The van der Waals surface area contributed by atoms with Crippen molar-refractivity contribution < 1.29 is 32.9 Å². The fourth-order valence-corrected chi connectivity index (χ4v) is 9.42. The molecule has 0 rings (SSSR count). The molecule has 0 aromatic carbocycles. The molecular formula is C59H115N2O6P. The van der Waals surface area contributed by atoms with Gasteiger partial charge >= 0.3 is 0 Å². The molecule has 3 atom stereocenters. The molecule has 0 aliphatic heterocycles. The standard InChI is InChI=1S/C59H115N2O6P/c1-6-8-10-12-14-16-18-20-22-24-26-28-30-31-32-34-36-38-40-42-44-46-48-50-52-58(62)57(56-67-68(64,65)66-55-54-61(3,4)5)60-59(63)53-51-49-47-45-43-41-39-37-35-33-29-27-25-23-21-19-17-15-13-11-9-7-2/h33,35,42,44,50,52,57-58,62H,6-32,34,36-41,43,45-49,51,53-56H2,1-5H3,(H-,60,63,64,65)/b35-33-,44-42+,52-50+. The zero-order valence-electron chi connectivity index (χ0n) is 45.8. The van der Waals surface area contributed by atoms with E-state index in [2.05, 4.69) is 43.5 Å². The molecule has 0 aromatic heterocycles. The Kier molecular flexibility index (Phi) is 49.7. The summed E-state index contributed by atoms with van der Waals surface area (Å²) in [7, 11) is 1.25. The van der Waals surface area contributed by atoms with E-state index in [0.29, 0.717) is 17.4 Å². The number of unbranched alkanes of at least 4 members (excludes halogenated alkanes) is 37. The van der Waals surface area contributed by atoms with E-state index in [0.717, 1.165) is 38.5 Å². The number of nitrogens with zero attached hydrogens (tertiary/aromatic N) is 1. The molecule has 0 radical (unpaired) electrons. The highest BCUT2D eigenvalue weighted by Crippen LogP contribution is 2.38. The van der Waals surface area contributed by atoms with Gasteiger partial charge in [-0.2, -0.15) is 0 Å². The van der Waals surface area contributed by atoms with Gasteiger partial charge in [0.05, 0.1) is 39.9 Å². The molecule has 0 spiro atoms. The number of hydrogen-bond donors (Lipinski definition) is 2. The Labute approximate surface area is 423 Å². The third-order valence-electron chi connectivity index (χ3n) is 13.3. The molecule has 68 heavy (non-hydrogen) atoms. The lowest BCUT2D eigenvalue weighted by atomic mass is 10.0. The lowest BCUT2D eigenvalue weighted by molar-refractivity contribution is -0.870. The van der Waals surface area contributed by atoms with Crippen molar-refractivity contribution in [1.82, 2.24) is 5.32 Å². The van der Waals surface area contributed by atoms with Gasteiger partial charge in [-0.15, -0.1) is 0 Å². The zero-order valence-corrected chi connectivity index (χ0v) is 46.7. The average Bonchev–Trinajstić information content (AvgIpc) is 3.30. The van der Waals surface area contributed by atoms with Crippen LogP contribution in [0.3, 0.4) is 0 Å². The number of aliphatic hydroxyl groups excluding tert-OH is 1. The van der Waals surface area contributed by atoms with E-state index in [4.69, 9.17) is 9.05 Å². The van der Waals surface area contributed by atoms with Gasteiger partial charge in [-0.25, -0.2) is 0 Å². The Hall–Kier alpha value is -1.28. The largest absolute Gasteiger partial charge is 0.756 e. The monoisotopic (exact) mass is 979 g/mol. The van der Waals surface area contributed by atoms with Crippen LogP contribution in [0.2, 0.25) is 0 Å². The van der Waals surface area contributed by atoms with Crippen molar-refractivity contribution >= 4 is 13.7 Å². The number of rotatable bonds is 54. The number of carbonyl (C=O) groups excluding carboxylic acids is 1. The average molecular weight is 980 g/mol. The van der Waals surface area contributed by atoms with Gasteiger partial charge in [0.25, 0.3) is 7.82 Å². The van der Waals surface area contributed by atoms with E-state index in [9.17, 15) is 19.4 Å². The maximum atomic E-state index is 13.0. The first kappa shape index (κ1) is 66.7. The highest BCUT2D eigenvalue weighted by Gasteiger charge is 2.23. The number of hydrogen-bond acceptors (Lipinski definition) is 6. The molecule has 0 aliphatic rings.